The van der Waals surface area contributed by atoms with Crippen LogP contribution in [0.1, 0.15) is 26.7 Å². The molecule has 2 aliphatic rings. The highest BCUT2D eigenvalue weighted by molar-refractivity contribution is 5.71. The van der Waals surface area contributed by atoms with E-state index in [1.807, 2.05) is 4.90 Å². The molecule has 2 aliphatic heterocycles. The second-order valence-electron chi connectivity index (χ2n) is 4.75. The van der Waals surface area contributed by atoms with Gasteiger partial charge in [-0.05, 0) is 32.2 Å². The maximum Gasteiger partial charge on any atom is 0.410 e. The molecule has 2 heterocycles. The van der Waals surface area contributed by atoms with Crippen LogP contribution in [0.25, 0.3) is 0 Å². The summed E-state index contributed by atoms with van der Waals surface area (Å²) in [6.45, 7) is 7.69. The van der Waals surface area contributed by atoms with E-state index in [-0.39, 0.29) is 11.6 Å². The lowest BCUT2D eigenvalue weighted by Gasteiger charge is -2.36. The SMILES string of the molecule is CCCN1C(=O)OCC1(C)C1CCNC1. The Balaban J connectivity index is 2.13. The van der Waals surface area contributed by atoms with Crippen molar-refractivity contribution in [3.05, 3.63) is 0 Å². The van der Waals surface area contributed by atoms with Crippen LogP contribution in [0.4, 0.5) is 4.79 Å². The van der Waals surface area contributed by atoms with Crippen LogP contribution < -0.4 is 5.32 Å². The summed E-state index contributed by atoms with van der Waals surface area (Å²) >= 11 is 0. The Morgan fingerprint density at radius 3 is 3.07 bits per heavy atom. The topological polar surface area (TPSA) is 41.6 Å². The molecule has 4 heteroatoms. The number of amides is 1. The van der Waals surface area contributed by atoms with Gasteiger partial charge in [-0.1, -0.05) is 6.92 Å². The van der Waals surface area contributed by atoms with Crippen molar-refractivity contribution >= 4 is 6.09 Å². The molecule has 0 aromatic heterocycles. The number of hydrogen-bond acceptors (Lipinski definition) is 3. The summed E-state index contributed by atoms with van der Waals surface area (Å²) in [5, 5.41) is 3.36. The fraction of sp³-hybridized carbons (Fsp3) is 0.909. The molecule has 0 saturated carbocycles. The summed E-state index contributed by atoms with van der Waals surface area (Å²) < 4.78 is 5.21. The van der Waals surface area contributed by atoms with E-state index in [2.05, 4.69) is 19.2 Å². The molecule has 1 N–H and O–H groups in total. The van der Waals surface area contributed by atoms with Gasteiger partial charge in [0.15, 0.2) is 0 Å². The van der Waals surface area contributed by atoms with Gasteiger partial charge in [0.2, 0.25) is 0 Å². The van der Waals surface area contributed by atoms with Crippen LogP contribution in [0.15, 0.2) is 0 Å². The van der Waals surface area contributed by atoms with Gasteiger partial charge in [0.25, 0.3) is 0 Å². The highest BCUT2D eigenvalue weighted by atomic mass is 16.6. The summed E-state index contributed by atoms with van der Waals surface area (Å²) in [6.07, 6.45) is 2.00. The Kier molecular flexibility index (Phi) is 2.87. The summed E-state index contributed by atoms with van der Waals surface area (Å²) in [7, 11) is 0. The average Bonchev–Trinajstić information content (AvgIpc) is 2.82. The zero-order chi connectivity index (χ0) is 10.9. The molecule has 0 bridgehead atoms. The molecule has 0 aromatic rings. The number of cyclic esters (lactones) is 1. The smallest absolute Gasteiger partial charge is 0.410 e. The third-order valence-corrected chi connectivity index (χ3v) is 3.71. The molecule has 2 atom stereocenters. The monoisotopic (exact) mass is 212 g/mol. The molecular formula is C11H20N2O2. The van der Waals surface area contributed by atoms with Gasteiger partial charge in [-0.15, -0.1) is 0 Å². The number of nitrogens with zero attached hydrogens (tertiary/aromatic N) is 1. The van der Waals surface area contributed by atoms with Crippen molar-refractivity contribution in [2.45, 2.75) is 32.2 Å². The maximum absolute atomic E-state index is 11.6. The first-order valence-corrected chi connectivity index (χ1v) is 5.83. The number of carbonyl (C=O) groups excluding carboxylic acids is 1. The molecule has 2 fully saturated rings. The Hall–Kier alpha value is -0.770. The molecule has 2 rings (SSSR count). The minimum absolute atomic E-state index is 0.0867. The standard InChI is InChI=1S/C11H20N2O2/c1-3-6-13-10(14)15-8-11(13,2)9-4-5-12-7-9/h9,12H,3-8H2,1-2H3. The van der Waals surface area contributed by atoms with Crippen LogP contribution in [0.2, 0.25) is 0 Å². The largest absolute Gasteiger partial charge is 0.447 e. The minimum atomic E-state index is -0.133. The highest BCUT2D eigenvalue weighted by Crippen LogP contribution is 2.34. The molecule has 15 heavy (non-hydrogen) atoms. The molecule has 86 valence electrons. The Bertz CT molecular complexity index is 251. The van der Waals surface area contributed by atoms with Gasteiger partial charge in [-0.2, -0.15) is 0 Å². The van der Waals surface area contributed by atoms with E-state index in [0.717, 1.165) is 32.5 Å². The van der Waals surface area contributed by atoms with Crippen LogP contribution in [-0.2, 0) is 4.74 Å². The molecule has 2 unspecified atom stereocenters. The van der Waals surface area contributed by atoms with Crippen LogP contribution >= 0.6 is 0 Å². The van der Waals surface area contributed by atoms with Crippen molar-refractivity contribution in [1.82, 2.24) is 10.2 Å². The van der Waals surface area contributed by atoms with Gasteiger partial charge in [0.1, 0.15) is 6.61 Å². The summed E-state index contributed by atoms with van der Waals surface area (Å²) in [4.78, 5) is 13.5. The molecule has 0 radical (unpaired) electrons. The first kappa shape index (κ1) is 10.7. The first-order valence-electron chi connectivity index (χ1n) is 5.83. The lowest BCUT2D eigenvalue weighted by atomic mass is 9.84. The second kappa shape index (κ2) is 4.00. The normalized spacial score (nSPS) is 36.0. The van der Waals surface area contributed by atoms with Crippen molar-refractivity contribution < 1.29 is 9.53 Å². The van der Waals surface area contributed by atoms with Gasteiger partial charge in [0, 0.05) is 13.1 Å². The lowest BCUT2D eigenvalue weighted by Crippen LogP contribution is -2.51. The summed E-state index contributed by atoms with van der Waals surface area (Å²) in [6, 6.07) is 0. The van der Waals surface area contributed by atoms with Crippen molar-refractivity contribution in [2.75, 3.05) is 26.2 Å². The predicted octanol–water partition coefficient (Wildman–Crippen LogP) is 1.22. The Morgan fingerprint density at radius 1 is 1.67 bits per heavy atom. The summed E-state index contributed by atoms with van der Waals surface area (Å²) in [5.74, 6) is 0.537. The molecule has 4 nitrogen and oxygen atoms in total. The summed E-state index contributed by atoms with van der Waals surface area (Å²) in [5.41, 5.74) is -0.0867. The van der Waals surface area contributed by atoms with Crippen LogP contribution in [0, 0.1) is 5.92 Å². The van der Waals surface area contributed by atoms with E-state index in [4.69, 9.17) is 4.74 Å². The molecule has 1 amide bonds. The first-order chi connectivity index (χ1) is 7.18. The minimum Gasteiger partial charge on any atom is -0.447 e. The van der Waals surface area contributed by atoms with Gasteiger partial charge >= 0.3 is 6.09 Å². The number of carbonyl (C=O) groups is 1. The van der Waals surface area contributed by atoms with Crippen molar-refractivity contribution in [3.63, 3.8) is 0 Å². The van der Waals surface area contributed by atoms with E-state index in [9.17, 15) is 4.79 Å². The Morgan fingerprint density at radius 2 is 2.47 bits per heavy atom. The van der Waals surface area contributed by atoms with E-state index < -0.39 is 0 Å². The van der Waals surface area contributed by atoms with E-state index in [1.165, 1.54) is 0 Å². The lowest BCUT2D eigenvalue weighted by molar-refractivity contribution is 0.123. The van der Waals surface area contributed by atoms with Gasteiger partial charge in [0.05, 0.1) is 5.54 Å². The molecular weight excluding hydrogens is 192 g/mol. The van der Waals surface area contributed by atoms with Crippen LogP contribution in [0.5, 0.6) is 0 Å². The fourth-order valence-electron chi connectivity index (χ4n) is 2.67. The third kappa shape index (κ3) is 1.71. The third-order valence-electron chi connectivity index (χ3n) is 3.71. The number of nitrogens with one attached hydrogen (secondary N) is 1. The predicted molar refractivity (Wildman–Crippen MR) is 57.7 cm³/mol. The van der Waals surface area contributed by atoms with Crippen molar-refractivity contribution in [2.24, 2.45) is 5.92 Å². The average molecular weight is 212 g/mol. The van der Waals surface area contributed by atoms with Crippen LogP contribution in [-0.4, -0.2) is 42.8 Å². The fourth-order valence-corrected chi connectivity index (χ4v) is 2.67. The molecule has 2 saturated heterocycles. The molecule has 0 aliphatic carbocycles. The zero-order valence-corrected chi connectivity index (χ0v) is 9.58. The zero-order valence-electron chi connectivity index (χ0n) is 9.58. The highest BCUT2D eigenvalue weighted by Gasteiger charge is 2.49. The van der Waals surface area contributed by atoms with Gasteiger partial charge in [-0.3, -0.25) is 4.90 Å². The number of ether oxygens (including phenoxy) is 1. The number of rotatable bonds is 3. The van der Waals surface area contributed by atoms with Gasteiger partial charge < -0.3 is 10.1 Å². The van der Waals surface area contributed by atoms with E-state index in [0.29, 0.717) is 12.5 Å². The Labute approximate surface area is 91.0 Å². The second-order valence-corrected chi connectivity index (χ2v) is 4.75. The molecule has 0 aromatic carbocycles. The van der Waals surface area contributed by atoms with E-state index >= 15 is 0 Å². The van der Waals surface area contributed by atoms with Crippen LogP contribution in [0.3, 0.4) is 0 Å². The molecule has 0 spiro atoms. The van der Waals surface area contributed by atoms with E-state index in [1.54, 1.807) is 0 Å². The number of hydrogen-bond donors (Lipinski definition) is 1. The van der Waals surface area contributed by atoms with Crippen molar-refractivity contribution in [3.8, 4) is 0 Å². The quantitative estimate of drug-likeness (QED) is 0.764. The van der Waals surface area contributed by atoms with Gasteiger partial charge in [-0.25, -0.2) is 4.79 Å². The van der Waals surface area contributed by atoms with Crippen molar-refractivity contribution in [1.29, 1.82) is 0 Å². The maximum atomic E-state index is 11.6.